The summed E-state index contributed by atoms with van der Waals surface area (Å²) in [6, 6.07) is 2.92. The number of carbonyl (C=O) groups is 1. The van der Waals surface area contributed by atoms with Crippen LogP contribution in [0.5, 0.6) is 0 Å². The summed E-state index contributed by atoms with van der Waals surface area (Å²) in [5.74, 6) is -1.17. The molecule has 0 aliphatic heterocycles. The Morgan fingerprint density at radius 1 is 1.50 bits per heavy atom. The van der Waals surface area contributed by atoms with Crippen molar-refractivity contribution in [3.05, 3.63) is 29.8 Å². The largest absolute Gasteiger partial charge is 0.393 e. The van der Waals surface area contributed by atoms with Crippen LogP contribution >= 0.6 is 0 Å². The quantitative estimate of drug-likeness (QED) is 0.801. The molecule has 2 rings (SSSR count). The summed E-state index contributed by atoms with van der Waals surface area (Å²) < 4.78 is 13.3. The summed E-state index contributed by atoms with van der Waals surface area (Å²) in [7, 11) is 0. The molecule has 1 heterocycles. The van der Waals surface area contributed by atoms with Crippen molar-refractivity contribution in [3.63, 3.8) is 0 Å². The lowest BCUT2D eigenvalue weighted by Gasteiger charge is -2.27. The van der Waals surface area contributed by atoms with Crippen molar-refractivity contribution in [2.75, 3.05) is 6.54 Å². The van der Waals surface area contributed by atoms with E-state index in [1.54, 1.807) is 0 Å². The standard InChI is InChI=1S/C13H17FN2O2/c14-12-10(5-3-7-15-12)13(18)16-8-9-4-1-2-6-11(9)17/h3,5,7,9,11,17H,1-2,4,6,8H2,(H,16,18). The van der Waals surface area contributed by atoms with Gasteiger partial charge in [0.05, 0.1) is 11.7 Å². The van der Waals surface area contributed by atoms with Crippen molar-refractivity contribution in [3.8, 4) is 0 Å². The van der Waals surface area contributed by atoms with Gasteiger partial charge >= 0.3 is 0 Å². The van der Waals surface area contributed by atoms with Gasteiger partial charge in [-0.05, 0) is 25.0 Å². The SMILES string of the molecule is O=C(NCC1CCCCC1O)c1cccnc1F. The molecule has 0 saturated heterocycles. The lowest BCUT2D eigenvalue weighted by molar-refractivity contribution is 0.0662. The van der Waals surface area contributed by atoms with Crippen molar-refractivity contribution in [1.29, 1.82) is 0 Å². The van der Waals surface area contributed by atoms with Crippen molar-refractivity contribution in [1.82, 2.24) is 10.3 Å². The molecule has 18 heavy (non-hydrogen) atoms. The smallest absolute Gasteiger partial charge is 0.255 e. The Labute approximate surface area is 105 Å². The first-order valence-electron chi connectivity index (χ1n) is 6.25. The van der Waals surface area contributed by atoms with Crippen LogP contribution in [-0.4, -0.2) is 28.6 Å². The maximum atomic E-state index is 13.3. The summed E-state index contributed by atoms with van der Waals surface area (Å²) in [5.41, 5.74) is -0.0530. The highest BCUT2D eigenvalue weighted by Crippen LogP contribution is 2.23. The third-order valence-corrected chi connectivity index (χ3v) is 3.40. The van der Waals surface area contributed by atoms with Gasteiger partial charge in [0.2, 0.25) is 5.95 Å². The fourth-order valence-electron chi connectivity index (χ4n) is 2.30. The maximum absolute atomic E-state index is 13.3. The molecule has 1 aliphatic carbocycles. The number of nitrogens with zero attached hydrogens (tertiary/aromatic N) is 1. The summed E-state index contributed by atoms with van der Waals surface area (Å²) in [6.07, 6.45) is 4.72. The zero-order valence-corrected chi connectivity index (χ0v) is 10.1. The monoisotopic (exact) mass is 252 g/mol. The Balaban J connectivity index is 1.90. The third-order valence-electron chi connectivity index (χ3n) is 3.40. The molecule has 0 radical (unpaired) electrons. The van der Waals surface area contributed by atoms with Crippen LogP contribution in [-0.2, 0) is 0 Å². The first-order valence-corrected chi connectivity index (χ1v) is 6.25. The molecule has 1 fully saturated rings. The fourth-order valence-corrected chi connectivity index (χ4v) is 2.30. The maximum Gasteiger partial charge on any atom is 0.255 e. The van der Waals surface area contributed by atoms with E-state index in [1.165, 1.54) is 18.3 Å². The van der Waals surface area contributed by atoms with E-state index in [1.807, 2.05) is 0 Å². The molecule has 1 aromatic heterocycles. The Bertz CT molecular complexity index is 425. The Morgan fingerprint density at radius 3 is 3.00 bits per heavy atom. The van der Waals surface area contributed by atoms with Gasteiger partial charge in [0.1, 0.15) is 0 Å². The number of nitrogens with one attached hydrogen (secondary N) is 1. The number of amides is 1. The van der Waals surface area contributed by atoms with Crippen LogP contribution in [0.25, 0.3) is 0 Å². The summed E-state index contributed by atoms with van der Waals surface area (Å²) in [4.78, 5) is 15.2. The van der Waals surface area contributed by atoms with Crippen LogP contribution in [0.15, 0.2) is 18.3 Å². The predicted octanol–water partition coefficient (Wildman–Crippen LogP) is 1.50. The highest BCUT2D eigenvalue weighted by molar-refractivity contribution is 5.94. The van der Waals surface area contributed by atoms with Gasteiger partial charge in [-0.25, -0.2) is 4.98 Å². The highest BCUT2D eigenvalue weighted by atomic mass is 19.1. The number of aliphatic hydroxyl groups is 1. The van der Waals surface area contributed by atoms with Gasteiger partial charge in [0.25, 0.3) is 5.91 Å². The van der Waals surface area contributed by atoms with Gasteiger partial charge in [0.15, 0.2) is 0 Å². The van der Waals surface area contributed by atoms with Gasteiger partial charge < -0.3 is 10.4 Å². The highest BCUT2D eigenvalue weighted by Gasteiger charge is 2.23. The number of hydrogen-bond donors (Lipinski definition) is 2. The second-order valence-electron chi connectivity index (χ2n) is 4.66. The minimum absolute atomic E-state index is 0.0530. The molecule has 2 unspecified atom stereocenters. The number of aromatic nitrogens is 1. The molecule has 1 aromatic rings. The van der Waals surface area contributed by atoms with Gasteiger partial charge in [0, 0.05) is 18.7 Å². The zero-order valence-electron chi connectivity index (χ0n) is 10.1. The van der Waals surface area contributed by atoms with Gasteiger partial charge in [-0.2, -0.15) is 4.39 Å². The minimum atomic E-state index is -0.765. The number of carbonyl (C=O) groups excluding carboxylic acids is 1. The molecule has 1 saturated carbocycles. The molecular weight excluding hydrogens is 235 g/mol. The average Bonchev–Trinajstić information content (AvgIpc) is 2.38. The molecule has 0 aromatic carbocycles. The molecule has 98 valence electrons. The molecule has 1 amide bonds. The van der Waals surface area contributed by atoms with Crippen molar-refractivity contribution in [2.45, 2.75) is 31.8 Å². The zero-order chi connectivity index (χ0) is 13.0. The van der Waals surface area contributed by atoms with E-state index in [9.17, 15) is 14.3 Å². The second-order valence-corrected chi connectivity index (χ2v) is 4.66. The molecule has 5 heteroatoms. The predicted molar refractivity (Wildman–Crippen MR) is 64.5 cm³/mol. The van der Waals surface area contributed by atoms with Crippen molar-refractivity contribution >= 4 is 5.91 Å². The average molecular weight is 252 g/mol. The van der Waals surface area contributed by atoms with Crippen LogP contribution in [0.2, 0.25) is 0 Å². The van der Waals surface area contributed by atoms with Crippen LogP contribution in [0.3, 0.4) is 0 Å². The Morgan fingerprint density at radius 2 is 2.28 bits per heavy atom. The normalized spacial score (nSPS) is 23.7. The summed E-state index contributed by atoms with van der Waals surface area (Å²) >= 11 is 0. The molecule has 1 aliphatic rings. The van der Waals surface area contributed by atoms with Crippen LogP contribution < -0.4 is 5.32 Å². The van der Waals surface area contributed by atoms with Gasteiger partial charge in [-0.1, -0.05) is 12.8 Å². The van der Waals surface area contributed by atoms with Gasteiger partial charge in [-0.3, -0.25) is 4.79 Å². The van der Waals surface area contributed by atoms with Crippen molar-refractivity contribution in [2.24, 2.45) is 5.92 Å². The second kappa shape index (κ2) is 5.91. The molecule has 0 bridgehead atoms. The fraction of sp³-hybridized carbons (Fsp3) is 0.538. The van der Waals surface area contributed by atoms with E-state index >= 15 is 0 Å². The first kappa shape index (κ1) is 13.0. The van der Waals surface area contributed by atoms with Crippen LogP contribution in [0.4, 0.5) is 4.39 Å². The molecule has 4 nitrogen and oxygen atoms in total. The van der Waals surface area contributed by atoms with E-state index < -0.39 is 11.9 Å². The Hall–Kier alpha value is -1.49. The molecule has 2 atom stereocenters. The first-order chi connectivity index (χ1) is 8.68. The summed E-state index contributed by atoms with van der Waals surface area (Å²) in [6.45, 7) is 0.383. The number of pyridine rings is 1. The van der Waals surface area contributed by atoms with E-state index in [0.717, 1.165) is 25.7 Å². The van der Waals surface area contributed by atoms with Gasteiger partial charge in [-0.15, -0.1) is 0 Å². The topological polar surface area (TPSA) is 62.2 Å². The molecular formula is C13H17FN2O2. The van der Waals surface area contributed by atoms with E-state index in [4.69, 9.17) is 0 Å². The van der Waals surface area contributed by atoms with Crippen molar-refractivity contribution < 1.29 is 14.3 Å². The lowest BCUT2D eigenvalue weighted by Crippen LogP contribution is -2.37. The number of rotatable bonds is 3. The number of halogens is 1. The third kappa shape index (κ3) is 3.04. The Kier molecular flexibility index (Phi) is 4.25. The van der Waals surface area contributed by atoms with E-state index in [-0.39, 0.29) is 17.6 Å². The number of aliphatic hydroxyl groups excluding tert-OH is 1. The van der Waals surface area contributed by atoms with E-state index in [2.05, 4.69) is 10.3 Å². The summed E-state index contributed by atoms with van der Waals surface area (Å²) in [5, 5.41) is 12.4. The minimum Gasteiger partial charge on any atom is -0.393 e. The van der Waals surface area contributed by atoms with Crippen LogP contribution in [0, 0.1) is 11.9 Å². The van der Waals surface area contributed by atoms with Crippen LogP contribution in [0.1, 0.15) is 36.0 Å². The lowest BCUT2D eigenvalue weighted by atomic mass is 9.86. The molecule has 2 N–H and O–H groups in total. The number of hydrogen-bond acceptors (Lipinski definition) is 3. The molecule has 0 spiro atoms. The van der Waals surface area contributed by atoms with E-state index in [0.29, 0.717) is 6.54 Å².